The molecule has 1 aromatic heterocycles. The van der Waals surface area contributed by atoms with Crippen LogP contribution in [0.4, 0.5) is 0 Å². The van der Waals surface area contributed by atoms with Crippen molar-refractivity contribution in [1.82, 2.24) is 4.98 Å². The van der Waals surface area contributed by atoms with E-state index in [1.807, 2.05) is 12.1 Å². The third kappa shape index (κ3) is 1.86. The fourth-order valence-corrected chi connectivity index (χ4v) is 1.13. The number of nitrogens with zero attached hydrogens (tertiary/aromatic N) is 1. The molecule has 0 amide bonds. The van der Waals surface area contributed by atoms with Crippen LogP contribution in [0.3, 0.4) is 0 Å². The summed E-state index contributed by atoms with van der Waals surface area (Å²) in [5.41, 5.74) is 1.01. The average molecular weight is 176 g/mol. The van der Waals surface area contributed by atoms with Gasteiger partial charge in [0.05, 0.1) is 0 Å². The highest BCUT2D eigenvalue weighted by atomic mass is 35.5. The van der Waals surface area contributed by atoms with Crippen molar-refractivity contribution in [2.24, 2.45) is 0 Å². The van der Waals surface area contributed by atoms with Crippen LogP contribution >= 0.6 is 23.2 Å². The normalized spacial score (nSPS) is 9.80. The van der Waals surface area contributed by atoms with E-state index < -0.39 is 0 Å². The molecule has 0 aliphatic carbocycles. The second kappa shape index (κ2) is 3.79. The van der Waals surface area contributed by atoms with Crippen molar-refractivity contribution in [3.05, 3.63) is 29.0 Å². The molecule has 1 aromatic rings. The van der Waals surface area contributed by atoms with Gasteiger partial charge in [0.1, 0.15) is 5.15 Å². The highest BCUT2D eigenvalue weighted by Gasteiger charge is 1.96. The van der Waals surface area contributed by atoms with Crippen molar-refractivity contribution in [2.75, 3.05) is 5.88 Å². The van der Waals surface area contributed by atoms with Crippen LogP contribution in [0.2, 0.25) is 5.15 Å². The number of aromatic nitrogens is 1. The quantitative estimate of drug-likeness (QED) is 0.498. The Hall–Kier alpha value is -0.270. The van der Waals surface area contributed by atoms with E-state index in [4.69, 9.17) is 23.2 Å². The summed E-state index contributed by atoms with van der Waals surface area (Å²) in [7, 11) is 0. The molecule has 0 saturated carbocycles. The van der Waals surface area contributed by atoms with Crippen molar-refractivity contribution in [1.29, 1.82) is 0 Å². The van der Waals surface area contributed by atoms with E-state index in [2.05, 4.69) is 4.98 Å². The molecule has 0 atom stereocenters. The topological polar surface area (TPSA) is 12.9 Å². The minimum Gasteiger partial charge on any atom is -0.244 e. The van der Waals surface area contributed by atoms with Gasteiger partial charge in [0.25, 0.3) is 0 Å². The lowest BCUT2D eigenvalue weighted by molar-refractivity contribution is 1.11. The maximum atomic E-state index is 5.73. The average Bonchev–Trinajstić information content (AvgIpc) is 1.94. The van der Waals surface area contributed by atoms with Gasteiger partial charge in [-0.25, -0.2) is 4.98 Å². The third-order valence-electron chi connectivity index (χ3n) is 1.20. The van der Waals surface area contributed by atoms with Crippen molar-refractivity contribution in [3.63, 3.8) is 0 Å². The minimum atomic E-state index is 0.558. The summed E-state index contributed by atoms with van der Waals surface area (Å²) in [6, 6.07) is 3.78. The van der Waals surface area contributed by atoms with Crippen LogP contribution < -0.4 is 0 Å². The predicted molar refractivity (Wildman–Crippen MR) is 43.7 cm³/mol. The molecule has 1 rings (SSSR count). The monoisotopic (exact) mass is 175 g/mol. The lowest BCUT2D eigenvalue weighted by atomic mass is 10.2. The van der Waals surface area contributed by atoms with Gasteiger partial charge in [-0.15, -0.1) is 11.6 Å². The summed E-state index contributed by atoms with van der Waals surface area (Å²) >= 11 is 11.3. The van der Waals surface area contributed by atoms with Gasteiger partial charge in [0.2, 0.25) is 0 Å². The Morgan fingerprint density at radius 2 is 2.30 bits per heavy atom. The van der Waals surface area contributed by atoms with E-state index in [9.17, 15) is 0 Å². The van der Waals surface area contributed by atoms with E-state index in [0.717, 1.165) is 12.0 Å². The van der Waals surface area contributed by atoms with E-state index >= 15 is 0 Å². The second-order valence-electron chi connectivity index (χ2n) is 1.89. The summed E-state index contributed by atoms with van der Waals surface area (Å²) < 4.78 is 0. The molecule has 0 radical (unpaired) electrons. The van der Waals surface area contributed by atoms with E-state index in [-0.39, 0.29) is 0 Å². The first-order chi connectivity index (χ1) is 4.84. The van der Waals surface area contributed by atoms with Gasteiger partial charge in [-0.3, -0.25) is 0 Å². The predicted octanol–water partition coefficient (Wildman–Crippen LogP) is 2.52. The number of halogens is 2. The molecule has 0 aliphatic rings. The maximum Gasteiger partial charge on any atom is 0.132 e. The largest absolute Gasteiger partial charge is 0.244 e. The van der Waals surface area contributed by atoms with Gasteiger partial charge in [0, 0.05) is 12.1 Å². The van der Waals surface area contributed by atoms with Gasteiger partial charge in [-0.05, 0) is 18.1 Å². The molecule has 0 unspecified atom stereocenters. The second-order valence-corrected chi connectivity index (χ2v) is 2.63. The first kappa shape index (κ1) is 7.83. The van der Waals surface area contributed by atoms with Crippen molar-refractivity contribution < 1.29 is 0 Å². The molecule has 0 bridgehead atoms. The fourth-order valence-electron chi connectivity index (χ4n) is 0.708. The first-order valence-electron chi connectivity index (χ1n) is 3.00. The van der Waals surface area contributed by atoms with Crippen LogP contribution in [0.25, 0.3) is 0 Å². The van der Waals surface area contributed by atoms with Crippen LogP contribution in [0.5, 0.6) is 0 Å². The Morgan fingerprint density at radius 1 is 1.50 bits per heavy atom. The molecule has 0 N–H and O–H groups in total. The lowest BCUT2D eigenvalue weighted by Gasteiger charge is -1.97. The van der Waals surface area contributed by atoms with Crippen LogP contribution in [0.1, 0.15) is 5.56 Å². The molecule has 0 aromatic carbocycles. The molecule has 0 spiro atoms. The van der Waals surface area contributed by atoms with Crippen LogP contribution in [0, 0.1) is 0 Å². The van der Waals surface area contributed by atoms with E-state index in [1.165, 1.54) is 0 Å². The zero-order chi connectivity index (χ0) is 7.40. The van der Waals surface area contributed by atoms with Crippen molar-refractivity contribution in [3.8, 4) is 0 Å². The SMILES string of the molecule is ClCCc1cccnc1Cl. The number of rotatable bonds is 2. The Morgan fingerprint density at radius 3 is 2.90 bits per heavy atom. The van der Waals surface area contributed by atoms with Crippen molar-refractivity contribution in [2.45, 2.75) is 6.42 Å². The molecule has 0 aliphatic heterocycles. The number of aryl methyl sites for hydroxylation is 1. The Labute approximate surface area is 70.0 Å². The van der Waals surface area contributed by atoms with Gasteiger partial charge in [0.15, 0.2) is 0 Å². The number of hydrogen-bond donors (Lipinski definition) is 0. The van der Waals surface area contributed by atoms with E-state index in [1.54, 1.807) is 6.20 Å². The van der Waals surface area contributed by atoms with Gasteiger partial charge in [-0.1, -0.05) is 17.7 Å². The maximum absolute atomic E-state index is 5.73. The number of alkyl halides is 1. The highest BCUT2D eigenvalue weighted by Crippen LogP contribution is 2.11. The molecule has 0 fully saturated rings. The third-order valence-corrected chi connectivity index (χ3v) is 1.73. The van der Waals surface area contributed by atoms with E-state index in [0.29, 0.717) is 11.0 Å². The standard InChI is InChI=1S/C7H7Cl2N/c8-4-3-6-2-1-5-10-7(6)9/h1-2,5H,3-4H2. The molecule has 0 saturated heterocycles. The molecular weight excluding hydrogens is 169 g/mol. The molecule has 3 heteroatoms. The summed E-state index contributed by atoms with van der Waals surface area (Å²) in [5, 5.41) is 0.558. The summed E-state index contributed by atoms with van der Waals surface area (Å²) in [4.78, 5) is 3.90. The highest BCUT2D eigenvalue weighted by molar-refractivity contribution is 6.30. The van der Waals surface area contributed by atoms with Crippen LogP contribution in [-0.4, -0.2) is 10.9 Å². The Balaban J connectivity index is 2.81. The smallest absolute Gasteiger partial charge is 0.132 e. The molecule has 1 nitrogen and oxygen atoms in total. The van der Waals surface area contributed by atoms with Crippen LogP contribution in [0.15, 0.2) is 18.3 Å². The van der Waals surface area contributed by atoms with Gasteiger partial charge < -0.3 is 0 Å². The van der Waals surface area contributed by atoms with Crippen LogP contribution in [-0.2, 0) is 6.42 Å². The summed E-state index contributed by atoms with van der Waals surface area (Å²) in [5.74, 6) is 0.589. The molecule has 54 valence electrons. The lowest BCUT2D eigenvalue weighted by Crippen LogP contribution is -1.88. The molecule has 10 heavy (non-hydrogen) atoms. The molecule has 1 heterocycles. The summed E-state index contributed by atoms with van der Waals surface area (Å²) in [6.45, 7) is 0. The fraction of sp³-hybridized carbons (Fsp3) is 0.286. The van der Waals surface area contributed by atoms with Gasteiger partial charge >= 0.3 is 0 Å². The zero-order valence-corrected chi connectivity index (χ0v) is 6.86. The Kier molecular flexibility index (Phi) is 2.97. The zero-order valence-electron chi connectivity index (χ0n) is 5.35. The summed E-state index contributed by atoms with van der Waals surface area (Å²) in [6.07, 6.45) is 2.45. The molecular formula is C7H7Cl2N. The minimum absolute atomic E-state index is 0.558. The number of pyridine rings is 1. The number of hydrogen-bond acceptors (Lipinski definition) is 1. The first-order valence-corrected chi connectivity index (χ1v) is 3.91. The van der Waals surface area contributed by atoms with Crippen molar-refractivity contribution >= 4 is 23.2 Å². The van der Waals surface area contributed by atoms with Gasteiger partial charge in [-0.2, -0.15) is 0 Å². The Bertz CT molecular complexity index is 213.